The van der Waals surface area contributed by atoms with Crippen LogP contribution >= 0.6 is 22.9 Å². The molecule has 4 aromatic heterocycles. The van der Waals surface area contributed by atoms with E-state index < -0.39 is 0 Å². The predicted octanol–water partition coefficient (Wildman–Crippen LogP) is 4.40. The average Bonchev–Trinajstić information content (AvgIpc) is 3.52. The highest BCUT2D eigenvalue weighted by Crippen LogP contribution is 2.52. The molecule has 0 aromatic carbocycles. The van der Waals surface area contributed by atoms with Crippen molar-refractivity contribution in [2.24, 2.45) is 11.1 Å². The van der Waals surface area contributed by atoms with Crippen molar-refractivity contribution in [1.82, 2.24) is 25.1 Å². The van der Waals surface area contributed by atoms with Crippen LogP contribution in [0.25, 0.3) is 22.4 Å². The zero-order valence-corrected chi connectivity index (χ0v) is 19.9. The molecule has 1 aliphatic heterocycles. The summed E-state index contributed by atoms with van der Waals surface area (Å²) in [6.07, 6.45) is 6.78. The Morgan fingerprint density at radius 3 is 2.94 bits per heavy atom. The molecule has 0 amide bonds. The number of pyridine rings is 1. The van der Waals surface area contributed by atoms with Crippen molar-refractivity contribution in [3.05, 3.63) is 45.4 Å². The van der Waals surface area contributed by atoms with E-state index >= 15 is 0 Å². The number of rotatable bonds is 4. The molecule has 1 spiro atoms. The topological polar surface area (TPSA) is 109 Å². The van der Waals surface area contributed by atoms with Crippen LogP contribution in [-0.4, -0.2) is 44.8 Å². The van der Waals surface area contributed by atoms with Gasteiger partial charge in [-0.25, -0.2) is 15.0 Å². The highest BCUT2D eigenvalue weighted by molar-refractivity contribution is 7.10. The number of thiophene rings is 1. The third-order valence-corrected chi connectivity index (χ3v) is 8.44. The highest BCUT2D eigenvalue weighted by atomic mass is 35.5. The molecule has 0 saturated carbocycles. The molecule has 10 heteroatoms. The van der Waals surface area contributed by atoms with Crippen molar-refractivity contribution in [2.75, 3.05) is 29.9 Å². The van der Waals surface area contributed by atoms with E-state index in [9.17, 15) is 0 Å². The average molecular weight is 481 g/mol. The molecule has 6 rings (SSSR count). The molecule has 5 heterocycles. The summed E-state index contributed by atoms with van der Waals surface area (Å²) in [6, 6.07) is 4.21. The Hall–Kier alpha value is -2.75. The van der Waals surface area contributed by atoms with E-state index in [-0.39, 0.29) is 11.5 Å². The van der Waals surface area contributed by atoms with Gasteiger partial charge < -0.3 is 16.0 Å². The molecule has 1 atom stereocenters. The second-order valence-corrected chi connectivity index (χ2v) is 10.2. The zero-order valence-electron chi connectivity index (χ0n) is 18.3. The first-order valence-corrected chi connectivity index (χ1v) is 12.5. The Bertz CT molecular complexity index is 1320. The summed E-state index contributed by atoms with van der Waals surface area (Å²) in [7, 11) is 0. The van der Waals surface area contributed by atoms with Crippen molar-refractivity contribution in [3.63, 3.8) is 0 Å². The van der Waals surface area contributed by atoms with Crippen molar-refractivity contribution >= 4 is 45.7 Å². The summed E-state index contributed by atoms with van der Waals surface area (Å²) in [5.41, 5.74) is 11.0. The number of anilines is 2. The van der Waals surface area contributed by atoms with Gasteiger partial charge in [0.2, 0.25) is 5.65 Å². The van der Waals surface area contributed by atoms with Gasteiger partial charge in [-0.2, -0.15) is 5.10 Å². The third kappa shape index (κ3) is 3.29. The van der Waals surface area contributed by atoms with Gasteiger partial charge in [0.1, 0.15) is 17.2 Å². The Morgan fingerprint density at radius 2 is 2.15 bits per heavy atom. The first kappa shape index (κ1) is 20.8. The zero-order chi connectivity index (χ0) is 22.6. The van der Waals surface area contributed by atoms with Gasteiger partial charge >= 0.3 is 0 Å². The van der Waals surface area contributed by atoms with E-state index in [1.54, 1.807) is 6.20 Å². The summed E-state index contributed by atoms with van der Waals surface area (Å²) in [5, 5.41) is 13.4. The van der Waals surface area contributed by atoms with E-state index in [1.165, 1.54) is 10.4 Å². The van der Waals surface area contributed by atoms with Gasteiger partial charge in [0.15, 0.2) is 0 Å². The fourth-order valence-electron chi connectivity index (χ4n) is 5.25. The van der Waals surface area contributed by atoms with Crippen LogP contribution in [0, 0.1) is 5.41 Å². The molecule has 0 radical (unpaired) electrons. The van der Waals surface area contributed by atoms with E-state index in [0.717, 1.165) is 56.0 Å². The SMILES string of the molecule is CCNc1nccc(-c2[nH]nc3nc(N4CCC5(CC4)Cc4sccc4[C@H]5N)cnc23)c1Cl. The lowest BCUT2D eigenvalue weighted by Crippen LogP contribution is -2.44. The third-order valence-electron chi connectivity index (χ3n) is 7.13. The van der Waals surface area contributed by atoms with Crippen LogP contribution in [-0.2, 0) is 6.42 Å². The Balaban J connectivity index is 1.24. The van der Waals surface area contributed by atoms with Crippen LogP contribution in [0.5, 0.6) is 0 Å². The fraction of sp³-hybridized carbons (Fsp3) is 0.391. The van der Waals surface area contributed by atoms with E-state index in [2.05, 4.69) is 36.8 Å². The van der Waals surface area contributed by atoms with Gasteiger partial charge in [0, 0.05) is 42.3 Å². The molecular formula is C23H25ClN8S. The highest BCUT2D eigenvalue weighted by Gasteiger charge is 2.46. The summed E-state index contributed by atoms with van der Waals surface area (Å²) in [6.45, 7) is 4.58. The summed E-state index contributed by atoms with van der Waals surface area (Å²) in [4.78, 5) is 17.6. The van der Waals surface area contributed by atoms with Crippen molar-refractivity contribution in [3.8, 4) is 11.3 Å². The molecule has 4 N–H and O–H groups in total. The maximum Gasteiger partial charge on any atom is 0.202 e. The van der Waals surface area contributed by atoms with Gasteiger partial charge in [-0.1, -0.05) is 11.6 Å². The number of H-pyrrole nitrogens is 1. The minimum atomic E-state index is 0.139. The lowest BCUT2D eigenvalue weighted by atomic mass is 9.73. The predicted molar refractivity (Wildman–Crippen MR) is 133 cm³/mol. The molecule has 170 valence electrons. The number of nitrogens with one attached hydrogen (secondary N) is 2. The van der Waals surface area contributed by atoms with Crippen LogP contribution in [0.4, 0.5) is 11.6 Å². The molecular weight excluding hydrogens is 456 g/mol. The van der Waals surface area contributed by atoms with Gasteiger partial charge in [0.25, 0.3) is 0 Å². The molecule has 2 aliphatic rings. The van der Waals surface area contributed by atoms with Crippen LogP contribution in [0.1, 0.15) is 36.2 Å². The second-order valence-electron chi connectivity index (χ2n) is 8.85. The molecule has 1 aliphatic carbocycles. The van der Waals surface area contributed by atoms with Gasteiger partial charge in [-0.3, -0.25) is 5.10 Å². The molecule has 0 unspecified atom stereocenters. The fourth-order valence-corrected chi connectivity index (χ4v) is 6.61. The standard InChI is InChI=1S/C23H25ClN8S/c1-2-26-21-17(24)14(3-7-27-21)18-19-22(31-30-18)29-16(12-28-19)32-8-5-23(6-9-32)11-15-13(20(23)25)4-10-33-15/h3-4,7,10,12,20H,2,5-6,8-9,11,25H2,1H3,(H,26,27)(H,29,30,31)/t20-/m1/s1. The van der Waals surface area contributed by atoms with Gasteiger partial charge in [-0.15, -0.1) is 11.3 Å². The second kappa shape index (κ2) is 7.93. The number of hydrogen-bond acceptors (Lipinski definition) is 8. The van der Waals surface area contributed by atoms with E-state index in [0.29, 0.717) is 22.0 Å². The number of fused-ring (bicyclic) bond motifs is 2. The number of nitrogens with zero attached hydrogens (tertiary/aromatic N) is 5. The number of nitrogens with two attached hydrogens (primary N) is 1. The largest absolute Gasteiger partial charge is 0.369 e. The number of aromatic nitrogens is 5. The first-order valence-electron chi connectivity index (χ1n) is 11.3. The smallest absolute Gasteiger partial charge is 0.202 e. The monoisotopic (exact) mass is 480 g/mol. The number of hydrogen-bond donors (Lipinski definition) is 3. The Kier molecular flexibility index (Phi) is 5.01. The van der Waals surface area contributed by atoms with Crippen molar-refractivity contribution < 1.29 is 0 Å². The first-order chi connectivity index (χ1) is 16.1. The molecule has 0 bridgehead atoms. The van der Waals surface area contributed by atoms with Crippen LogP contribution in [0.15, 0.2) is 29.9 Å². The summed E-state index contributed by atoms with van der Waals surface area (Å²) in [5.74, 6) is 1.50. The van der Waals surface area contributed by atoms with Crippen LogP contribution in [0.3, 0.4) is 0 Å². The normalized spacial score (nSPS) is 19.4. The quantitative estimate of drug-likeness (QED) is 0.397. The summed E-state index contributed by atoms with van der Waals surface area (Å²) < 4.78 is 0. The minimum Gasteiger partial charge on any atom is -0.369 e. The summed E-state index contributed by atoms with van der Waals surface area (Å²) >= 11 is 8.43. The van der Waals surface area contributed by atoms with Crippen LogP contribution < -0.4 is 16.0 Å². The molecule has 8 nitrogen and oxygen atoms in total. The maximum atomic E-state index is 6.69. The maximum absolute atomic E-state index is 6.69. The van der Waals surface area contributed by atoms with E-state index in [1.807, 2.05) is 30.5 Å². The Morgan fingerprint density at radius 1 is 1.30 bits per heavy atom. The molecule has 33 heavy (non-hydrogen) atoms. The number of piperidine rings is 1. The lowest BCUT2D eigenvalue weighted by molar-refractivity contribution is 0.187. The molecule has 1 fully saturated rings. The van der Waals surface area contributed by atoms with Gasteiger partial charge in [0.05, 0.1) is 16.9 Å². The Labute approximate surface area is 200 Å². The molecule has 1 saturated heterocycles. The molecule has 4 aromatic rings. The van der Waals surface area contributed by atoms with E-state index in [4.69, 9.17) is 27.3 Å². The van der Waals surface area contributed by atoms with Crippen molar-refractivity contribution in [1.29, 1.82) is 0 Å². The minimum absolute atomic E-state index is 0.139. The lowest BCUT2D eigenvalue weighted by Gasteiger charge is -2.42. The number of aromatic amines is 1. The van der Waals surface area contributed by atoms with Gasteiger partial charge in [-0.05, 0) is 54.7 Å². The van der Waals surface area contributed by atoms with Crippen molar-refractivity contribution in [2.45, 2.75) is 32.2 Å². The van der Waals surface area contributed by atoms with Crippen LogP contribution in [0.2, 0.25) is 5.02 Å². The number of halogens is 1.